The molecule has 1 aromatic carbocycles. The Morgan fingerprint density at radius 1 is 1.20 bits per heavy atom. The Morgan fingerprint density at radius 3 is 2.56 bits per heavy atom. The van der Waals surface area contributed by atoms with Gasteiger partial charge in [-0.15, -0.1) is 10.2 Å². The van der Waals surface area contributed by atoms with Gasteiger partial charge in [0.15, 0.2) is 11.3 Å². The Bertz CT molecular complexity index is 950. The number of fused-ring (bicyclic) bond motifs is 1. The summed E-state index contributed by atoms with van der Waals surface area (Å²) < 4.78 is 6.30. The summed E-state index contributed by atoms with van der Waals surface area (Å²) in [5, 5.41) is 21.6. The number of carboxylic acids is 1. The first-order chi connectivity index (χ1) is 12.0. The lowest BCUT2D eigenvalue weighted by atomic mass is 10.1. The maximum Gasteiger partial charge on any atom is 0.358 e. The van der Waals surface area contributed by atoms with Crippen LogP contribution >= 0.6 is 0 Å². The number of hydrogen-bond acceptors (Lipinski definition) is 6. The molecule has 2 heterocycles. The number of carbonyl (C=O) groups is 2. The molecule has 0 amide bonds. The van der Waals surface area contributed by atoms with Gasteiger partial charge in [-0.05, 0) is 19.4 Å². The van der Waals surface area contributed by atoms with Gasteiger partial charge in [0, 0.05) is 0 Å². The van der Waals surface area contributed by atoms with Crippen LogP contribution in [0.3, 0.4) is 0 Å². The molecular weight excluding hydrogens is 324 g/mol. The molecule has 0 atom stereocenters. The van der Waals surface area contributed by atoms with Crippen molar-refractivity contribution in [2.75, 3.05) is 6.61 Å². The lowest BCUT2D eigenvalue weighted by Gasteiger charge is -2.07. The number of aromatic nitrogens is 4. The van der Waals surface area contributed by atoms with Gasteiger partial charge in [-0.25, -0.2) is 9.31 Å². The second kappa shape index (κ2) is 6.68. The van der Waals surface area contributed by atoms with Gasteiger partial charge >= 0.3 is 11.9 Å². The normalized spacial score (nSPS) is 10.8. The molecule has 0 spiro atoms. The van der Waals surface area contributed by atoms with E-state index in [2.05, 4.69) is 15.3 Å². The zero-order chi connectivity index (χ0) is 18.0. The molecule has 0 radical (unpaired) electrons. The van der Waals surface area contributed by atoms with E-state index in [1.54, 1.807) is 13.8 Å². The SMILES string of the molecule is CCOC(=O)Cc1c(C(=O)O)nnc2c(-c3ccccc3)c(C)nn12. The van der Waals surface area contributed by atoms with E-state index in [0.717, 1.165) is 11.1 Å². The van der Waals surface area contributed by atoms with E-state index in [4.69, 9.17) is 4.74 Å². The summed E-state index contributed by atoms with van der Waals surface area (Å²) in [4.78, 5) is 23.4. The fourth-order valence-electron chi connectivity index (χ4n) is 2.67. The summed E-state index contributed by atoms with van der Waals surface area (Å²) in [7, 11) is 0. The minimum atomic E-state index is -1.27. The highest BCUT2D eigenvalue weighted by molar-refractivity contribution is 5.89. The second-order valence-corrected chi connectivity index (χ2v) is 5.34. The van der Waals surface area contributed by atoms with Gasteiger partial charge in [-0.3, -0.25) is 4.79 Å². The summed E-state index contributed by atoms with van der Waals surface area (Å²) in [6.07, 6.45) is -0.253. The number of carboxylic acid groups (broad SMARTS) is 1. The number of aryl methyl sites for hydroxylation is 1. The maximum atomic E-state index is 11.9. The van der Waals surface area contributed by atoms with E-state index in [9.17, 15) is 14.7 Å². The van der Waals surface area contributed by atoms with Crippen molar-refractivity contribution in [1.82, 2.24) is 19.8 Å². The Hall–Kier alpha value is -3.29. The van der Waals surface area contributed by atoms with Crippen LogP contribution in [0.1, 0.15) is 28.8 Å². The van der Waals surface area contributed by atoms with Gasteiger partial charge in [-0.1, -0.05) is 30.3 Å². The first-order valence-corrected chi connectivity index (χ1v) is 7.72. The standard InChI is InChI=1S/C17H16N4O4/c1-3-25-13(22)9-12-15(17(23)24)18-19-16-14(10(2)20-21(12)16)11-7-5-4-6-8-11/h4-8H,3,9H2,1-2H3,(H,23,24). The quantitative estimate of drug-likeness (QED) is 0.707. The highest BCUT2D eigenvalue weighted by Gasteiger charge is 2.24. The molecule has 0 aliphatic carbocycles. The third-order valence-electron chi connectivity index (χ3n) is 3.69. The number of benzene rings is 1. The molecular formula is C17H16N4O4. The lowest BCUT2D eigenvalue weighted by Crippen LogP contribution is -2.18. The van der Waals surface area contributed by atoms with Crippen LogP contribution in [0, 0.1) is 6.92 Å². The monoisotopic (exact) mass is 340 g/mol. The Balaban J connectivity index is 2.23. The molecule has 8 nitrogen and oxygen atoms in total. The number of hydrogen-bond donors (Lipinski definition) is 1. The van der Waals surface area contributed by atoms with Crippen LogP contribution in [0.4, 0.5) is 0 Å². The van der Waals surface area contributed by atoms with Crippen LogP contribution in [-0.2, 0) is 16.0 Å². The van der Waals surface area contributed by atoms with Crippen LogP contribution < -0.4 is 0 Å². The zero-order valence-corrected chi connectivity index (χ0v) is 13.8. The summed E-state index contributed by atoms with van der Waals surface area (Å²) in [5.74, 6) is -1.82. The van der Waals surface area contributed by atoms with Crippen LogP contribution in [0.15, 0.2) is 30.3 Å². The number of nitrogens with zero attached hydrogens (tertiary/aromatic N) is 4. The molecule has 0 aliphatic rings. The first-order valence-electron chi connectivity index (χ1n) is 7.72. The summed E-state index contributed by atoms with van der Waals surface area (Å²) in [6, 6.07) is 9.47. The van der Waals surface area contributed by atoms with Crippen LogP contribution in [0.5, 0.6) is 0 Å². The molecule has 0 fully saturated rings. The van der Waals surface area contributed by atoms with Crippen LogP contribution in [0.25, 0.3) is 16.8 Å². The smallest absolute Gasteiger partial charge is 0.358 e. The van der Waals surface area contributed by atoms with E-state index in [1.807, 2.05) is 30.3 Å². The minimum Gasteiger partial charge on any atom is -0.476 e. The lowest BCUT2D eigenvalue weighted by molar-refractivity contribution is -0.142. The van der Waals surface area contributed by atoms with E-state index in [1.165, 1.54) is 4.52 Å². The van der Waals surface area contributed by atoms with E-state index in [0.29, 0.717) is 11.3 Å². The summed E-state index contributed by atoms with van der Waals surface area (Å²) >= 11 is 0. The summed E-state index contributed by atoms with van der Waals surface area (Å²) in [5.41, 5.74) is 2.51. The van der Waals surface area contributed by atoms with Gasteiger partial charge in [0.05, 0.1) is 30.0 Å². The highest BCUT2D eigenvalue weighted by Crippen LogP contribution is 2.27. The molecule has 128 valence electrons. The average Bonchev–Trinajstić information content (AvgIpc) is 2.92. The van der Waals surface area contributed by atoms with Gasteiger partial charge in [-0.2, -0.15) is 5.10 Å². The van der Waals surface area contributed by atoms with Crippen molar-refractivity contribution in [3.8, 4) is 11.1 Å². The van der Waals surface area contributed by atoms with E-state index in [-0.39, 0.29) is 24.4 Å². The van der Waals surface area contributed by atoms with E-state index < -0.39 is 11.9 Å². The fourth-order valence-corrected chi connectivity index (χ4v) is 2.67. The highest BCUT2D eigenvalue weighted by atomic mass is 16.5. The largest absolute Gasteiger partial charge is 0.476 e. The van der Waals surface area contributed by atoms with Crippen molar-refractivity contribution in [1.29, 1.82) is 0 Å². The van der Waals surface area contributed by atoms with Crippen molar-refractivity contribution >= 4 is 17.6 Å². The second-order valence-electron chi connectivity index (χ2n) is 5.34. The van der Waals surface area contributed by atoms with E-state index >= 15 is 0 Å². The Morgan fingerprint density at radius 2 is 1.92 bits per heavy atom. The van der Waals surface area contributed by atoms with Crippen molar-refractivity contribution in [3.63, 3.8) is 0 Å². The molecule has 0 saturated carbocycles. The summed E-state index contributed by atoms with van der Waals surface area (Å²) in [6.45, 7) is 3.68. The molecule has 25 heavy (non-hydrogen) atoms. The van der Waals surface area contributed by atoms with Crippen LogP contribution in [0.2, 0.25) is 0 Å². The van der Waals surface area contributed by atoms with Gasteiger partial charge in [0.2, 0.25) is 0 Å². The Labute approximate surface area is 143 Å². The van der Waals surface area contributed by atoms with Crippen molar-refractivity contribution in [2.45, 2.75) is 20.3 Å². The third-order valence-corrected chi connectivity index (χ3v) is 3.69. The topological polar surface area (TPSA) is 107 Å². The predicted octanol–water partition coefficient (Wildman–Crippen LogP) is 1.90. The first kappa shape index (κ1) is 16.6. The zero-order valence-electron chi connectivity index (χ0n) is 13.8. The van der Waals surface area contributed by atoms with Crippen molar-refractivity contribution in [3.05, 3.63) is 47.4 Å². The number of ether oxygens (including phenoxy) is 1. The number of aromatic carboxylic acids is 1. The van der Waals surface area contributed by atoms with Crippen LogP contribution in [-0.4, -0.2) is 43.5 Å². The maximum absolute atomic E-state index is 11.9. The molecule has 0 unspecified atom stereocenters. The number of esters is 1. The number of rotatable bonds is 5. The fraction of sp³-hybridized carbons (Fsp3) is 0.235. The molecule has 0 bridgehead atoms. The molecule has 3 rings (SSSR count). The minimum absolute atomic E-state index is 0.140. The van der Waals surface area contributed by atoms with Crippen molar-refractivity contribution < 1.29 is 19.4 Å². The predicted molar refractivity (Wildman–Crippen MR) is 88.3 cm³/mol. The van der Waals surface area contributed by atoms with Gasteiger partial charge < -0.3 is 9.84 Å². The molecule has 0 saturated heterocycles. The average molecular weight is 340 g/mol. The molecule has 3 aromatic rings. The number of carbonyl (C=O) groups excluding carboxylic acids is 1. The van der Waals surface area contributed by atoms with Gasteiger partial charge in [0.25, 0.3) is 0 Å². The molecule has 8 heteroatoms. The molecule has 0 aliphatic heterocycles. The van der Waals surface area contributed by atoms with Crippen molar-refractivity contribution in [2.24, 2.45) is 0 Å². The molecule has 2 aromatic heterocycles. The third kappa shape index (κ3) is 3.06. The van der Waals surface area contributed by atoms with Gasteiger partial charge in [0.1, 0.15) is 0 Å². The Kier molecular flexibility index (Phi) is 4.42. The molecule has 1 N–H and O–H groups in total.